The van der Waals surface area contributed by atoms with Gasteiger partial charge in [0.1, 0.15) is 0 Å². The molecule has 6 heteroatoms. The van der Waals surface area contributed by atoms with Gasteiger partial charge in [-0.15, -0.1) is 0 Å². The Balaban J connectivity index is 4.16. The van der Waals surface area contributed by atoms with Gasteiger partial charge in [0.05, 0.1) is 12.0 Å². The topological polar surface area (TPSA) is 55.5 Å². The summed E-state index contributed by atoms with van der Waals surface area (Å²) in [6.45, 7) is 2.60. The van der Waals surface area contributed by atoms with Crippen LogP contribution in [0.15, 0.2) is 0 Å². The van der Waals surface area contributed by atoms with Crippen LogP contribution in [0.5, 0.6) is 0 Å². The standard InChI is InChI=1S/C7H14F3NO2/c1-3-13-6(12)5(11)4(2)7(8,9)10/h4-6,12H,3,11H2,1-2H3. The van der Waals surface area contributed by atoms with Crippen LogP contribution in [-0.2, 0) is 4.74 Å². The summed E-state index contributed by atoms with van der Waals surface area (Å²) in [5.41, 5.74) is 5.14. The first-order chi connectivity index (χ1) is 5.80. The summed E-state index contributed by atoms with van der Waals surface area (Å²) in [6, 6.07) is -1.44. The fraction of sp³-hybridized carbons (Fsp3) is 1.00. The number of halogens is 3. The van der Waals surface area contributed by atoms with Crippen molar-refractivity contribution in [3.05, 3.63) is 0 Å². The summed E-state index contributed by atoms with van der Waals surface area (Å²) in [5, 5.41) is 9.00. The SMILES string of the molecule is CCOC(O)C(N)C(C)C(F)(F)F. The maximum atomic E-state index is 12.1. The van der Waals surface area contributed by atoms with Crippen molar-refractivity contribution < 1.29 is 23.0 Å². The first kappa shape index (κ1) is 12.7. The predicted molar refractivity (Wildman–Crippen MR) is 40.8 cm³/mol. The molecule has 3 atom stereocenters. The van der Waals surface area contributed by atoms with Crippen LogP contribution in [0.25, 0.3) is 0 Å². The van der Waals surface area contributed by atoms with E-state index in [1.54, 1.807) is 6.92 Å². The molecule has 13 heavy (non-hydrogen) atoms. The van der Waals surface area contributed by atoms with Gasteiger partial charge in [0.25, 0.3) is 0 Å². The third-order valence-corrected chi connectivity index (χ3v) is 1.76. The van der Waals surface area contributed by atoms with Crippen LogP contribution in [0.2, 0.25) is 0 Å². The number of aliphatic hydroxyl groups excluding tert-OH is 1. The van der Waals surface area contributed by atoms with Gasteiger partial charge in [0, 0.05) is 6.61 Å². The van der Waals surface area contributed by atoms with Crippen molar-refractivity contribution in [2.75, 3.05) is 6.61 Å². The molecule has 0 saturated carbocycles. The zero-order valence-corrected chi connectivity index (χ0v) is 7.51. The first-order valence-corrected chi connectivity index (χ1v) is 3.92. The van der Waals surface area contributed by atoms with Crippen molar-refractivity contribution in [2.45, 2.75) is 32.4 Å². The van der Waals surface area contributed by atoms with Crippen molar-refractivity contribution >= 4 is 0 Å². The number of nitrogens with two attached hydrogens (primary N) is 1. The van der Waals surface area contributed by atoms with Crippen LogP contribution in [0.3, 0.4) is 0 Å². The van der Waals surface area contributed by atoms with Crippen LogP contribution in [0.1, 0.15) is 13.8 Å². The van der Waals surface area contributed by atoms with E-state index in [-0.39, 0.29) is 6.61 Å². The molecular formula is C7H14F3NO2. The van der Waals surface area contributed by atoms with Crippen molar-refractivity contribution in [3.63, 3.8) is 0 Å². The molecule has 0 saturated heterocycles. The van der Waals surface area contributed by atoms with Gasteiger partial charge in [-0.3, -0.25) is 0 Å². The van der Waals surface area contributed by atoms with Crippen LogP contribution in [0, 0.1) is 5.92 Å². The van der Waals surface area contributed by atoms with E-state index in [0.717, 1.165) is 6.92 Å². The molecule has 0 aliphatic heterocycles. The Hall–Kier alpha value is -0.330. The molecule has 0 aromatic carbocycles. The van der Waals surface area contributed by atoms with E-state index in [1.165, 1.54) is 0 Å². The maximum absolute atomic E-state index is 12.1. The van der Waals surface area contributed by atoms with Gasteiger partial charge >= 0.3 is 6.18 Å². The molecular weight excluding hydrogens is 187 g/mol. The van der Waals surface area contributed by atoms with Gasteiger partial charge in [-0.25, -0.2) is 0 Å². The van der Waals surface area contributed by atoms with Crippen LogP contribution in [-0.4, -0.2) is 30.2 Å². The second kappa shape index (κ2) is 4.78. The fourth-order valence-electron chi connectivity index (χ4n) is 0.747. The van der Waals surface area contributed by atoms with E-state index in [9.17, 15) is 13.2 Å². The second-order valence-corrected chi connectivity index (χ2v) is 2.75. The molecule has 0 heterocycles. The summed E-state index contributed by atoms with van der Waals surface area (Å²) in [5.74, 6) is -1.78. The monoisotopic (exact) mass is 201 g/mol. The third-order valence-electron chi connectivity index (χ3n) is 1.76. The molecule has 0 aliphatic carbocycles. The molecule has 0 aromatic heterocycles. The number of aliphatic hydroxyl groups is 1. The minimum absolute atomic E-state index is 0.124. The molecule has 0 aliphatic rings. The Labute approximate surface area is 74.7 Å². The number of alkyl halides is 3. The van der Waals surface area contributed by atoms with E-state index in [0.29, 0.717) is 0 Å². The number of ether oxygens (including phenoxy) is 1. The maximum Gasteiger partial charge on any atom is 0.393 e. The first-order valence-electron chi connectivity index (χ1n) is 3.92. The molecule has 0 bridgehead atoms. The van der Waals surface area contributed by atoms with Gasteiger partial charge in [-0.05, 0) is 6.92 Å². The molecule has 3 nitrogen and oxygen atoms in total. The van der Waals surface area contributed by atoms with Crippen molar-refractivity contribution in [1.29, 1.82) is 0 Å². The summed E-state index contributed by atoms with van der Waals surface area (Å²) in [6.07, 6.45) is -5.97. The van der Waals surface area contributed by atoms with Gasteiger partial charge < -0.3 is 15.6 Å². The van der Waals surface area contributed by atoms with Crippen molar-refractivity contribution in [1.82, 2.24) is 0 Å². The Bertz CT molecular complexity index is 151. The molecule has 3 unspecified atom stereocenters. The Morgan fingerprint density at radius 2 is 1.92 bits per heavy atom. The number of rotatable bonds is 4. The number of hydrogen-bond donors (Lipinski definition) is 2. The van der Waals surface area contributed by atoms with E-state index in [2.05, 4.69) is 4.74 Å². The Kier molecular flexibility index (Phi) is 4.66. The molecule has 3 N–H and O–H groups in total. The van der Waals surface area contributed by atoms with E-state index < -0.39 is 24.4 Å². The highest BCUT2D eigenvalue weighted by Crippen LogP contribution is 2.28. The predicted octanol–water partition coefficient (Wildman–Crippen LogP) is 0.867. The summed E-state index contributed by atoms with van der Waals surface area (Å²) >= 11 is 0. The average Bonchev–Trinajstić information content (AvgIpc) is 2.00. The minimum Gasteiger partial charge on any atom is -0.367 e. The zero-order valence-electron chi connectivity index (χ0n) is 7.51. The highest BCUT2D eigenvalue weighted by Gasteiger charge is 2.42. The van der Waals surface area contributed by atoms with Gasteiger partial charge in [-0.1, -0.05) is 6.92 Å². The normalized spacial score (nSPS) is 19.6. The number of hydrogen-bond acceptors (Lipinski definition) is 3. The quantitative estimate of drug-likeness (QED) is 0.663. The van der Waals surface area contributed by atoms with Crippen molar-refractivity contribution in [3.8, 4) is 0 Å². The molecule has 0 aromatic rings. The second-order valence-electron chi connectivity index (χ2n) is 2.75. The summed E-state index contributed by atoms with van der Waals surface area (Å²) in [7, 11) is 0. The smallest absolute Gasteiger partial charge is 0.367 e. The van der Waals surface area contributed by atoms with Crippen molar-refractivity contribution in [2.24, 2.45) is 11.7 Å². The third kappa shape index (κ3) is 3.93. The molecule has 0 spiro atoms. The highest BCUT2D eigenvalue weighted by molar-refractivity contribution is 4.77. The van der Waals surface area contributed by atoms with Crippen LogP contribution in [0.4, 0.5) is 13.2 Å². The average molecular weight is 201 g/mol. The van der Waals surface area contributed by atoms with E-state index in [4.69, 9.17) is 10.8 Å². The van der Waals surface area contributed by atoms with Crippen LogP contribution >= 0.6 is 0 Å². The molecule has 0 fully saturated rings. The van der Waals surface area contributed by atoms with Gasteiger partial charge in [0.2, 0.25) is 0 Å². The molecule has 80 valence electrons. The Morgan fingerprint density at radius 1 is 1.46 bits per heavy atom. The Morgan fingerprint density at radius 3 is 2.23 bits per heavy atom. The van der Waals surface area contributed by atoms with E-state index >= 15 is 0 Å². The highest BCUT2D eigenvalue weighted by atomic mass is 19.4. The summed E-state index contributed by atoms with van der Waals surface area (Å²) < 4.78 is 40.7. The largest absolute Gasteiger partial charge is 0.393 e. The van der Waals surface area contributed by atoms with Crippen LogP contribution < -0.4 is 5.73 Å². The lowest BCUT2D eigenvalue weighted by atomic mass is 10.0. The lowest BCUT2D eigenvalue weighted by Gasteiger charge is -2.26. The minimum atomic E-state index is -4.41. The summed E-state index contributed by atoms with van der Waals surface area (Å²) in [4.78, 5) is 0. The van der Waals surface area contributed by atoms with Gasteiger partial charge in [0.15, 0.2) is 6.29 Å². The molecule has 0 rings (SSSR count). The zero-order chi connectivity index (χ0) is 10.6. The molecule has 0 radical (unpaired) electrons. The lowest BCUT2D eigenvalue weighted by Crippen LogP contribution is -2.47. The lowest BCUT2D eigenvalue weighted by molar-refractivity contribution is -0.204. The van der Waals surface area contributed by atoms with E-state index in [1.807, 2.05) is 0 Å². The molecule has 0 amide bonds. The van der Waals surface area contributed by atoms with Gasteiger partial charge in [-0.2, -0.15) is 13.2 Å². The fourth-order valence-corrected chi connectivity index (χ4v) is 0.747.